The summed E-state index contributed by atoms with van der Waals surface area (Å²) in [4.78, 5) is 4.10. The normalized spacial score (nSPS) is 14.9. The van der Waals surface area contributed by atoms with Crippen molar-refractivity contribution < 1.29 is 9.84 Å². The molecule has 0 saturated carbocycles. The molecule has 0 amide bonds. The van der Waals surface area contributed by atoms with Crippen molar-refractivity contribution in [3.63, 3.8) is 0 Å². The van der Waals surface area contributed by atoms with Gasteiger partial charge in [0.05, 0.1) is 18.4 Å². The van der Waals surface area contributed by atoms with Crippen molar-refractivity contribution in [2.75, 3.05) is 6.61 Å². The lowest BCUT2D eigenvalue weighted by molar-refractivity contribution is 0.00850. The Hall–Kier alpha value is -1.09. The maximum Gasteiger partial charge on any atom is 0.137 e. The average molecular weight is 223 g/mol. The van der Waals surface area contributed by atoms with Crippen molar-refractivity contribution in [2.45, 2.75) is 39.7 Å². The predicted octanol–water partition coefficient (Wildman–Crippen LogP) is 2.73. The van der Waals surface area contributed by atoms with Gasteiger partial charge in [0, 0.05) is 11.8 Å². The van der Waals surface area contributed by atoms with Gasteiger partial charge in [-0.2, -0.15) is 0 Å². The highest BCUT2D eigenvalue weighted by atomic mass is 16.5. The van der Waals surface area contributed by atoms with E-state index in [2.05, 4.69) is 11.9 Å². The average Bonchev–Trinajstić information content (AvgIpc) is 2.26. The van der Waals surface area contributed by atoms with Crippen LogP contribution in [0, 0.1) is 5.92 Å². The number of hydrogen-bond acceptors (Lipinski definition) is 3. The summed E-state index contributed by atoms with van der Waals surface area (Å²) in [5.74, 6) is 0.857. The van der Waals surface area contributed by atoms with E-state index in [4.69, 9.17) is 4.74 Å². The molecule has 0 aliphatic heterocycles. The number of nitrogens with zero attached hydrogens (tertiary/aromatic N) is 1. The second-order valence-electron chi connectivity index (χ2n) is 4.56. The Kier molecular flexibility index (Phi) is 4.30. The molecule has 3 nitrogen and oxygen atoms in total. The van der Waals surface area contributed by atoms with Gasteiger partial charge in [-0.3, -0.25) is 4.98 Å². The third kappa shape index (κ3) is 2.95. The molecule has 0 spiro atoms. The van der Waals surface area contributed by atoms with Gasteiger partial charge in [0.15, 0.2) is 0 Å². The molecule has 3 heteroatoms. The van der Waals surface area contributed by atoms with Gasteiger partial charge in [0.2, 0.25) is 0 Å². The summed E-state index contributed by atoms with van der Waals surface area (Å²) in [6.45, 7) is 8.51. The maximum absolute atomic E-state index is 10.3. The number of aliphatic hydroxyl groups is 1. The quantitative estimate of drug-likeness (QED) is 0.834. The molecule has 0 saturated heterocycles. The second kappa shape index (κ2) is 5.30. The first-order valence-corrected chi connectivity index (χ1v) is 5.79. The van der Waals surface area contributed by atoms with Crippen LogP contribution >= 0.6 is 0 Å². The maximum atomic E-state index is 10.3. The molecule has 16 heavy (non-hydrogen) atoms. The van der Waals surface area contributed by atoms with Crippen LogP contribution in [-0.2, 0) is 5.60 Å². The highest BCUT2D eigenvalue weighted by molar-refractivity contribution is 5.28. The molecule has 1 unspecified atom stereocenters. The van der Waals surface area contributed by atoms with Crippen molar-refractivity contribution >= 4 is 0 Å². The fraction of sp³-hybridized carbons (Fsp3) is 0.615. The van der Waals surface area contributed by atoms with Crippen LogP contribution in [-0.4, -0.2) is 16.7 Å². The third-order valence-electron chi connectivity index (χ3n) is 2.89. The van der Waals surface area contributed by atoms with E-state index in [-0.39, 0.29) is 5.92 Å². The molecular weight excluding hydrogens is 202 g/mol. The Morgan fingerprint density at radius 3 is 2.69 bits per heavy atom. The highest BCUT2D eigenvalue weighted by Crippen LogP contribution is 2.30. The lowest BCUT2D eigenvalue weighted by atomic mass is 9.86. The molecule has 0 radical (unpaired) electrons. The smallest absolute Gasteiger partial charge is 0.137 e. The zero-order valence-electron chi connectivity index (χ0n) is 10.5. The number of aromatic nitrogens is 1. The summed E-state index contributed by atoms with van der Waals surface area (Å²) in [7, 11) is 0. The van der Waals surface area contributed by atoms with E-state index in [1.165, 1.54) is 0 Å². The Labute approximate surface area is 97.5 Å². The van der Waals surface area contributed by atoms with Crippen LogP contribution in [0.4, 0.5) is 0 Å². The van der Waals surface area contributed by atoms with Crippen molar-refractivity contribution in [3.8, 4) is 5.75 Å². The van der Waals surface area contributed by atoms with Crippen LogP contribution in [0.5, 0.6) is 5.75 Å². The van der Waals surface area contributed by atoms with Gasteiger partial charge in [0.25, 0.3) is 0 Å². The summed E-state index contributed by atoms with van der Waals surface area (Å²) in [6, 6.07) is 1.86. The molecule has 1 N–H and O–H groups in total. The summed E-state index contributed by atoms with van der Waals surface area (Å²) in [5, 5.41) is 10.3. The molecule has 0 aromatic carbocycles. The topological polar surface area (TPSA) is 42.4 Å². The van der Waals surface area contributed by atoms with Gasteiger partial charge in [-0.15, -0.1) is 0 Å². The van der Waals surface area contributed by atoms with Crippen LogP contribution in [0.2, 0.25) is 0 Å². The Bertz CT molecular complexity index is 334. The zero-order valence-corrected chi connectivity index (χ0v) is 10.5. The van der Waals surface area contributed by atoms with Crippen LogP contribution in [0.15, 0.2) is 18.5 Å². The van der Waals surface area contributed by atoms with E-state index < -0.39 is 5.60 Å². The van der Waals surface area contributed by atoms with E-state index in [9.17, 15) is 5.11 Å². The number of hydrogen-bond donors (Lipinski definition) is 1. The summed E-state index contributed by atoms with van der Waals surface area (Å²) >= 11 is 0. The van der Waals surface area contributed by atoms with E-state index in [0.29, 0.717) is 6.61 Å². The Balaban J connectivity index is 2.89. The summed E-state index contributed by atoms with van der Waals surface area (Å²) < 4.78 is 5.50. The zero-order chi connectivity index (χ0) is 12.2. The van der Waals surface area contributed by atoms with Crippen molar-refractivity contribution in [1.29, 1.82) is 0 Å². The van der Waals surface area contributed by atoms with Gasteiger partial charge >= 0.3 is 0 Å². The van der Waals surface area contributed by atoms with E-state index in [0.717, 1.165) is 17.7 Å². The third-order valence-corrected chi connectivity index (χ3v) is 2.89. The first-order valence-electron chi connectivity index (χ1n) is 5.79. The molecule has 1 aromatic heterocycles. The Morgan fingerprint density at radius 1 is 1.44 bits per heavy atom. The monoisotopic (exact) mass is 223 g/mol. The number of rotatable bonds is 5. The first-order chi connectivity index (χ1) is 7.48. The molecule has 1 rings (SSSR count). The van der Waals surface area contributed by atoms with Crippen LogP contribution < -0.4 is 4.74 Å². The number of pyridine rings is 1. The van der Waals surface area contributed by atoms with Gasteiger partial charge in [-0.05, 0) is 25.3 Å². The van der Waals surface area contributed by atoms with Crippen LogP contribution in [0.1, 0.15) is 39.7 Å². The number of ether oxygens (including phenoxy) is 1. The van der Waals surface area contributed by atoms with Crippen molar-refractivity contribution in [3.05, 3.63) is 24.0 Å². The molecule has 1 heterocycles. The molecule has 0 aliphatic rings. The van der Waals surface area contributed by atoms with Crippen LogP contribution in [0.25, 0.3) is 0 Å². The first kappa shape index (κ1) is 13.0. The lowest BCUT2D eigenvalue weighted by Gasteiger charge is -2.28. The fourth-order valence-electron chi connectivity index (χ4n) is 1.33. The summed E-state index contributed by atoms with van der Waals surface area (Å²) in [6.07, 6.45) is 4.33. The molecule has 0 bridgehead atoms. The van der Waals surface area contributed by atoms with Gasteiger partial charge in [0.1, 0.15) is 5.75 Å². The van der Waals surface area contributed by atoms with Crippen LogP contribution in [0.3, 0.4) is 0 Å². The molecule has 90 valence electrons. The minimum absolute atomic E-state index is 0.135. The van der Waals surface area contributed by atoms with Crippen molar-refractivity contribution in [2.24, 2.45) is 5.92 Å². The molecule has 1 aromatic rings. The molecule has 0 fully saturated rings. The second-order valence-corrected chi connectivity index (χ2v) is 4.56. The molecular formula is C13H21NO2. The fourth-order valence-corrected chi connectivity index (χ4v) is 1.33. The van der Waals surface area contributed by atoms with E-state index in [1.807, 2.05) is 19.9 Å². The Morgan fingerprint density at radius 2 is 2.12 bits per heavy atom. The van der Waals surface area contributed by atoms with Gasteiger partial charge in [-0.1, -0.05) is 20.8 Å². The van der Waals surface area contributed by atoms with Gasteiger partial charge in [-0.25, -0.2) is 0 Å². The highest BCUT2D eigenvalue weighted by Gasteiger charge is 2.27. The van der Waals surface area contributed by atoms with E-state index >= 15 is 0 Å². The minimum Gasteiger partial charge on any atom is -0.492 e. The molecule has 0 aliphatic carbocycles. The summed E-state index contributed by atoms with van der Waals surface area (Å²) in [5.41, 5.74) is -0.0606. The predicted molar refractivity (Wildman–Crippen MR) is 64.4 cm³/mol. The van der Waals surface area contributed by atoms with Gasteiger partial charge < -0.3 is 9.84 Å². The van der Waals surface area contributed by atoms with E-state index in [1.54, 1.807) is 19.3 Å². The largest absolute Gasteiger partial charge is 0.492 e. The minimum atomic E-state index is -0.863. The molecule has 1 atom stereocenters. The SMILES string of the molecule is CCCOc1cncc(C(C)(O)C(C)C)c1. The standard InChI is InChI=1S/C13H21NO2/c1-5-6-16-12-7-11(8-14-9-12)13(4,15)10(2)3/h7-10,15H,5-6H2,1-4H3. The van der Waals surface area contributed by atoms with Crippen molar-refractivity contribution in [1.82, 2.24) is 4.98 Å². The lowest BCUT2D eigenvalue weighted by Crippen LogP contribution is -2.28.